The number of nitrogens with one attached hydrogen (secondary N) is 1. The number of hydrogen-bond acceptors (Lipinski definition) is 6. The van der Waals surface area contributed by atoms with Crippen molar-refractivity contribution in [3.05, 3.63) is 36.5 Å². The second-order valence-corrected chi connectivity index (χ2v) is 27.0. The molecule has 0 aromatic rings. The highest BCUT2D eigenvalue weighted by atomic mass is 31.2. The van der Waals surface area contributed by atoms with E-state index in [0.717, 1.165) is 44.9 Å². The Kier molecular flexibility index (Phi) is 61.3. The van der Waals surface area contributed by atoms with E-state index in [1.54, 1.807) is 6.08 Å². The maximum absolute atomic E-state index is 13.0. The zero-order valence-electron chi connectivity index (χ0n) is 54.3. The maximum Gasteiger partial charge on any atom is 0.268 e. The minimum absolute atomic E-state index is 0.00706. The minimum atomic E-state index is -4.61. The first kappa shape index (κ1) is 78.7. The van der Waals surface area contributed by atoms with Crippen LogP contribution in [-0.2, 0) is 18.4 Å². The normalized spacial score (nSPS) is 13.8. The molecule has 0 radical (unpaired) electrons. The van der Waals surface area contributed by atoms with Crippen LogP contribution in [0.1, 0.15) is 361 Å². The summed E-state index contributed by atoms with van der Waals surface area (Å²) < 4.78 is 23.4. The summed E-state index contributed by atoms with van der Waals surface area (Å²) in [5, 5.41) is 13.9. The third-order valence-corrected chi connectivity index (χ3v) is 17.3. The Morgan fingerprint density at radius 3 is 1.01 bits per heavy atom. The molecule has 2 N–H and O–H groups in total. The molecule has 0 rings (SSSR count). The molecule has 0 bridgehead atoms. The fourth-order valence-electron chi connectivity index (χ4n) is 10.8. The van der Waals surface area contributed by atoms with Gasteiger partial charge < -0.3 is 28.8 Å². The summed E-state index contributed by atoms with van der Waals surface area (Å²) in [6.45, 7) is 4.68. The van der Waals surface area contributed by atoms with Crippen molar-refractivity contribution < 1.29 is 32.9 Å². The summed E-state index contributed by atoms with van der Waals surface area (Å²) in [6, 6.07) is -0.909. The number of likely N-dealkylation sites (N-methyl/N-ethyl adjacent to an activating group) is 1. The molecule has 0 aliphatic heterocycles. The van der Waals surface area contributed by atoms with Crippen molar-refractivity contribution in [1.29, 1.82) is 0 Å². The van der Waals surface area contributed by atoms with E-state index in [2.05, 4.69) is 43.5 Å². The van der Waals surface area contributed by atoms with Crippen LogP contribution >= 0.6 is 7.82 Å². The van der Waals surface area contributed by atoms with E-state index in [1.807, 2.05) is 27.2 Å². The summed E-state index contributed by atoms with van der Waals surface area (Å²) in [5.41, 5.74) is 0. The summed E-state index contributed by atoms with van der Waals surface area (Å²) in [4.78, 5) is 25.6. The highest BCUT2D eigenvalue weighted by Crippen LogP contribution is 2.38. The zero-order chi connectivity index (χ0) is 58.4. The van der Waals surface area contributed by atoms with Crippen LogP contribution in [0.15, 0.2) is 36.5 Å². The number of rotatable bonds is 66. The van der Waals surface area contributed by atoms with E-state index < -0.39 is 26.6 Å². The Morgan fingerprint density at radius 2 is 0.700 bits per heavy atom. The van der Waals surface area contributed by atoms with Gasteiger partial charge in [0.2, 0.25) is 5.91 Å². The molecule has 0 spiro atoms. The van der Waals surface area contributed by atoms with Gasteiger partial charge in [0.25, 0.3) is 7.82 Å². The Hall–Kier alpha value is -1.28. The molecule has 474 valence electrons. The molecule has 3 atom stereocenters. The van der Waals surface area contributed by atoms with Crippen LogP contribution in [0.5, 0.6) is 0 Å². The van der Waals surface area contributed by atoms with Crippen LogP contribution < -0.4 is 10.2 Å². The Morgan fingerprint density at radius 1 is 0.425 bits per heavy atom. The molecular formula is C71H139N2O6P. The van der Waals surface area contributed by atoms with Gasteiger partial charge in [-0.3, -0.25) is 9.36 Å². The second kappa shape index (κ2) is 62.3. The fourth-order valence-corrected chi connectivity index (χ4v) is 11.6. The monoisotopic (exact) mass is 1150 g/mol. The molecule has 0 aromatic heterocycles. The third kappa shape index (κ3) is 64.3. The summed E-state index contributed by atoms with van der Waals surface area (Å²) >= 11 is 0. The molecule has 80 heavy (non-hydrogen) atoms. The van der Waals surface area contributed by atoms with Gasteiger partial charge in [0.15, 0.2) is 0 Å². The molecule has 8 nitrogen and oxygen atoms in total. The van der Waals surface area contributed by atoms with E-state index >= 15 is 0 Å². The zero-order valence-corrected chi connectivity index (χ0v) is 55.2. The Labute approximate surface area is 499 Å². The standard InChI is InChI=1S/C71H139N2O6P/c1-6-8-10-12-14-16-18-20-22-24-26-28-30-32-34-36-38-40-42-44-46-48-50-52-54-56-58-60-62-64-70(74)69(68-79-80(76,77)78-67-66-73(3,4)5)72-71(75)65-63-61-59-57-55-53-51-49-47-45-43-41-39-37-35-33-31-29-27-25-23-21-19-17-15-13-11-9-7-2/h46,48,54,56,62,64,69-70,74H,6-45,47,49-53,55,57-61,63,65-68H2,1-5H3,(H-,72,75,76,77)/b48-46+,56-54+,64-62+. The van der Waals surface area contributed by atoms with Crippen molar-refractivity contribution >= 4 is 13.7 Å². The Bertz CT molecular complexity index is 1400. The maximum atomic E-state index is 13.0. The summed E-state index contributed by atoms with van der Waals surface area (Å²) in [5.74, 6) is -0.203. The van der Waals surface area contributed by atoms with Gasteiger partial charge in [-0.25, -0.2) is 0 Å². The molecular weight excluding hydrogens is 1010 g/mol. The average molecular weight is 1150 g/mol. The number of amides is 1. The second-order valence-electron chi connectivity index (χ2n) is 25.6. The van der Waals surface area contributed by atoms with Gasteiger partial charge in [-0.1, -0.05) is 346 Å². The SMILES string of the molecule is CCCCCCCCCCCCCCCCCCCCC/C=C/CC/C=C/CC/C=C/C(O)C(COP(=O)([O-])OCC[N+](C)(C)C)NC(=O)CCCCCCCCCCCCCCCCCCCCCCCCCCCCCCC. The number of quaternary nitrogens is 1. The first-order valence-corrected chi connectivity index (χ1v) is 36.8. The number of hydrogen-bond donors (Lipinski definition) is 2. The molecule has 0 aromatic carbocycles. The van der Waals surface area contributed by atoms with E-state index in [0.29, 0.717) is 17.4 Å². The van der Waals surface area contributed by atoms with Gasteiger partial charge in [-0.2, -0.15) is 0 Å². The molecule has 0 fully saturated rings. The molecule has 1 amide bonds. The minimum Gasteiger partial charge on any atom is -0.756 e. The number of aliphatic hydroxyl groups is 1. The van der Waals surface area contributed by atoms with Crippen molar-refractivity contribution in [2.75, 3.05) is 40.9 Å². The van der Waals surface area contributed by atoms with Gasteiger partial charge in [-0.15, -0.1) is 0 Å². The van der Waals surface area contributed by atoms with Gasteiger partial charge in [0.05, 0.1) is 39.9 Å². The lowest BCUT2D eigenvalue weighted by molar-refractivity contribution is -0.870. The van der Waals surface area contributed by atoms with Crippen LogP contribution in [0, 0.1) is 0 Å². The van der Waals surface area contributed by atoms with Gasteiger partial charge in [0, 0.05) is 6.42 Å². The fraction of sp³-hybridized carbons (Fsp3) is 0.901. The van der Waals surface area contributed by atoms with Crippen LogP contribution in [0.4, 0.5) is 0 Å². The van der Waals surface area contributed by atoms with E-state index in [9.17, 15) is 19.4 Å². The first-order valence-electron chi connectivity index (χ1n) is 35.4. The predicted molar refractivity (Wildman–Crippen MR) is 348 cm³/mol. The van der Waals surface area contributed by atoms with Crippen LogP contribution in [0.25, 0.3) is 0 Å². The number of nitrogens with zero attached hydrogens (tertiary/aromatic N) is 1. The van der Waals surface area contributed by atoms with Crippen molar-refractivity contribution in [2.45, 2.75) is 373 Å². The van der Waals surface area contributed by atoms with Gasteiger partial charge >= 0.3 is 0 Å². The third-order valence-electron chi connectivity index (χ3n) is 16.3. The predicted octanol–water partition coefficient (Wildman–Crippen LogP) is 21.8. The van der Waals surface area contributed by atoms with Crippen LogP contribution in [0.2, 0.25) is 0 Å². The number of aliphatic hydroxyl groups excluding tert-OH is 1. The number of allylic oxidation sites excluding steroid dienone is 5. The average Bonchev–Trinajstić information content (AvgIpc) is 3.42. The van der Waals surface area contributed by atoms with E-state index in [4.69, 9.17) is 9.05 Å². The molecule has 0 heterocycles. The smallest absolute Gasteiger partial charge is 0.268 e. The molecule has 9 heteroatoms. The quantitative estimate of drug-likeness (QED) is 0.0272. The highest BCUT2D eigenvalue weighted by Gasteiger charge is 2.23. The number of unbranched alkanes of at least 4 members (excludes halogenated alkanes) is 49. The van der Waals surface area contributed by atoms with Crippen molar-refractivity contribution in [2.24, 2.45) is 0 Å². The summed E-state index contributed by atoms with van der Waals surface area (Å²) in [6.07, 6.45) is 82.8. The van der Waals surface area contributed by atoms with Crippen LogP contribution in [-0.4, -0.2) is 68.5 Å². The number of carbonyl (C=O) groups excluding carboxylic acids is 1. The van der Waals surface area contributed by atoms with Gasteiger partial charge in [0.1, 0.15) is 13.2 Å². The molecule has 0 aliphatic rings. The molecule has 3 unspecified atom stereocenters. The number of phosphoric ester groups is 1. The highest BCUT2D eigenvalue weighted by molar-refractivity contribution is 7.45. The molecule has 0 saturated heterocycles. The lowest BCUT2D eigenvalue weighted by Crippen LogP contribution is -2.45. The lowest BCUT2D eigenvalue weighted by atomic mass is 10.0. The summed E-state index contributed by atoms with van der Waals surface area (Å²) in [7, 11) is 1.25. The lowest BCUT2D eigenvalue weighted by Gasteiger charge is -2.29. The van der Waals surface area contributed by atoms with Crippen LogP contribution in [0.3, 0.4) is 0 Å². The number of phosphoric acid groups is 1. The van der Waals surface area contributed by atoms with Crippen molar-refractivity contribution in [1.82, 2.24) is 5.32 Å². The number of carbonyl (C=O) groups is 1. The van der Waals surface area contributed by atoms with Crippen molar-refractivity contribution in [3.63, 3.8) is 0 Å². The topological polar surface area (TPSA) is 108 Å². The molecule has 0 aliphatic carbocycles. The first-order chi connectivity index (χ1) is 39.0. The Balaban J connectivity index is 4.10. The molecule has 0 saturated carbocycles. The van der Waals surface area contributed by atoms with Gasteiger partial charge in [-0.05, 0) is 44.9 Å². The van der Waals surface area contributed by atoms with E-state index in [1.165, 1.54) is 295 Å². The largest absolute Gasteiger partial charge is 0.756 e. The van der Waals surface area contributed by atoms with E-state index in [-0.39, 0.29) is 12.5 Å². The van der Waals surface area contributed by atoms with Crippen molar-refractivity contribution in [3.8, 4) is 0 Å².